The van der Waals surface area contributed by atoms with Crippen molar-refractivity contribution < 1.29 is 18.0 Å². The molecular formula is C25H33Cl2N3O4S. The Balaban J connectivity index is 2.49. The van der Waals surface area contributed by atoms with Gasteiger partial charge >= 0.3 is 0 Å². The molecule has 0 radical (unpaired) electrons. The molecule has 192 valence electrons. The van der Waals surface area contributed by atoms with Crippen LogP contribution in [-0.4, -0.2) is 49.5 Å². The molecule has 0 aliphatic carbocycles. The summed E-state index contributed by atoms with van der Waals surface area (Å²) in [5.74, 6) is -0.868. The summed E-state index contributed by atoms with van der Waals surface area (Å²) in [5, 5.41) is 3.75. The van der Waals surface area contributed by atoms with Gasteiger partial charge in [-0.1, -0.05) is 54.4 Å². The Bertz CT molecular complexity index is 1180. The van der Waals surface area contributed by atoms with Crippen molar-refractivity contribution in [3.8, 4) is 0 Å². The molecule has 0 saturated carbocycles. The minimum absolute atomic E-state index is 0.0425. The first-order valence-electron chi connectivity index (χ1n) is 11.2. The quantitative estimate of drug-likeness (QED) is 0.494. The van der Waals surface area contributed by atoms with Crippen LogP contribution < -0.4 is 9.62 Å². The number of carbonyl (C=O) groups is 2. The van der Waals surface area contributed by atoms with Crippen LogP contribution in [0.3, 0.4) is 0 Å². The third kappa shape index (κ3) is 8.12. The lowest BCUT2D eigenvalue weighted by atomic mass is 10.1. The van der Waals surface area contributed by atoms with E-state index in [1.54, 1.807) is 50.2 Å². The van der Waals surface area contributed by atoms with Crippen molar-refractivity contribution in [3.05, 3.63) is 63.6 Å². The second-order valence-electron chi connectivity index (χ2n) is 9.48. The Morgan fingerprint density at radius 3 is 2.20 bits per heavy atom. The van der Waals surface area contributed by atoms with Crippen LogP contribution in [0.4, 0.5) is 5.69 Å². The summed E-state index contributed by atoms with van der Waals surface area (Å²) < 4.78 is 26.3. The van der Waals surface area contributed by atoms with E-state index in [1.807, 2.05) is 20.8 Å². The molecule has 2 aromatic rings. The van der Waals surface area contributed by atoms with E-state index < -0.39 is 34.1 Å². The predicted octanol–water partition coefficient (Wildman–Crippen LogP) is 4.79. The Kier molecular flexibility index (Phi) is 9.62. The first-order valence-corrected chi connectivity index (χ1v) is 13.8. The molecule has 2 amide bonds. The van der Waals surface area contributed by atoms with Crippen LogP contribution in [0.1, 0.15) is 45.2 Å². The molecule has 0 fully saturated rings. The maximum absolute atomic E-state index is 13.7. The van der Waals surface area contributed by atoms with Gasteiger partial charge in [-0.25, -0.2) is 8.42 Å². The lowest BCUT2D eigenvalue weighted by Gasteiger charge is -2.34. The monoisotopic (exact) mass is 541 g/mol. The summed E-state index contributed by atoms with van der Waals surface area (Å²) in [6.45, 7) is 8.70. The summed E-state index contributed by atoms with van der Waals surface area (Å²) in [4.78, 5) is 28.2. The topological polar surface area (TPSA) is 86.8 Å². The number of sulfonamides is 1. The van der Waals surface area contributed by atoms with E-state index in [9.17, 15) is 18.0 Å². The fraction of sp³-hybridized carbons (Fsp3) is 0.440. The van der Waals surface area contributed by atoms with Gasteiger partial charge in [-0.2, -0.15) is 0 Å². The highest BCUT2D eigenvalue weighted by molar-refractivity contribution is 7.92. The number of nitrogens with one attached hydrogen (secondary N) is 1. The van der Waals surface area contributed by atoms with E-state index in [4.69, 9.17) is 23.2 Å². The molecule has 0 spiro atoms. The number of rotatable bonds is 9. The number of halogens is 2. The standard InChI is InChI=1S/C25H33Cl2N3O4S/c1-7-22(24(32)28-25(3,4)5)29(15-18-10-8-9-11-20(18)26)23(31)16-30(35(6,33)34)19-13-12-17(2)21(27)14-19/h8-14,22H,7,15-16H2,1-6H3,(H,28,32)/t22-/m1/s1. The van der Waals surface area contributed by atoms with Crippen LogP contribution >= 0.6 is 23.2 Å². The third-order valence-electron chi connectivity index (χ3n) is 5.31. The van der Waals surface area contributed by atoms with Gasteiger partial charge in [-0.15, -0.1) is 0 Å². The molecule has 0 saturated heterocycles. The van der Waals surface area contributed by atoms with Crippen LogP contribution in [0.15, 0.2) is 42.5 Å². The molecule has 0 unspecified atom stereocenters. The third-order valence-corrected chi connectivity index (χ3v) is 7.22. The molecule has 1 atom stereocenters. The number of carbonyl (C=O) groups excluding carboxylic acids is 2. The van der Waals surface area contributed by atoms with Crippen molar-refractivity contribution in [3.63, 3.8) is 0 Å². The molecule has 0 aromatic heterocycles. The number of hydrogen-bond donors (Lipinski definition) is 1. The normalized spacial score (nSPS) is 12.7. The van der Waals surface area contributed by atoms with Crippen molar-refractivity contribution in [1.82, 2.24) is 10.2 Å². The average molecular weight is 543 g/mol. The minimum atomic E-state index is -3.84. The zero-order valence-electron chi connectivity index (χ0n) is 20.9. The summed E-state index contributed by atoms with van der Waals surface area (Å²) >= 11 is 12.6. The molecule has 0 bridgehead atoms. The van der Waals surface area contributed by atoms with Gasteiger partial charge in [-0.3, -0.25) is 13.9 Å². The summed E-state index contributed by atoms with van der Waals surface area (Å²) in [6, 6.07) is 11.0. The van der Waals surface area contributed by atoms with Crippen molar-refractivity contribution in [2.45, 2.75) is 59.2 Å². The number of benzene rings is 2. The molecule has 1 N–H and O–H groups in total. The van der Waals surface area contributed by atoms with Crippen molar-refractivity contribution in [2.24, 2.45) is 0 Å². The maximum Gasteiger partial charge on any atom is 0.244 e. The summed E-state index contributed by atoms with van der Waals surface area (Å²) in [7, 11) is -3.84. The first kappa shape index (κ1) is 28.9. The summed E-state index contributed by atoms with van der Waals surface area (Å²) in [5.41, 5.74) is 1.18. The number of amides is 2. The second kappa shape index (κ2) is 11.6. The second-order valence-corrected chi connectivity index (χ2v) is 12.2. The van der Waals surface area contributed by atoms with Crippen LogP contribution in [-0.2, 0) is 26.2 Å². The molecule has 0 aliphatic heterocycles. The van der Waals surface area contributed by atoms with Crippen LogP contribution in [0, 0.1) is 6.92 Å². The van der Waals surface area contributed by atoms with E-state index in [0.29, 0.717) is 22.0 Å². The van der Waals surface area contributed by atoms with Gasteiger partial charge in [-0.05, 0) is 63.4 Å². The highest BCUT2D eigenvalue weighted by Crippen LogP contribution is 2.26. The van der Waals surface area contributed by atoms with Gasteiger partial charge in [0.1, 0.15) is 12.6 Å². The van der Waals surface area contributed by atoms with Gasteiger partial charge in [0.2, 0.25) is 21.8 Å². The van der Waals surface area contributed by atoms with E-state index >= 15 is 0 Å². The largest absolute Gasteiger partial charge is 0.350 e. The average Bonchev–Trinajstić information content (AvgIpc) is 2.73. The highest BCUT2D eigenvalue weighted by Gasteiger charge is 2.33. The van der Waals surface area contributed by atoms with E-state index in [2.05, 4.69) is 5.32 Å². The van der Waals surface area contributed by atoms with Gasteiger partial charge in [0.05, 0.1) is 11.9 Å². The zero-order chi connectivity index (χ0) is 26.6. The molecule has 0 aliphatic rings. The van der Waals surface area contributed by atoms with E-state index in [0.717, 1.165) is 16.1 Å². The number of nitrogens with zero attached hydrogens (tertiary/aromatic N) is 2. The molecule has 35 heavy (non-hydrogen) atoms. The van der Waals surface area contributed by atoms with E-state index in [-0.39, 0.29) is 18.1 Å². The fourth-order valence-electron chi connectivity index (χ4n) is 3.53. The predicted molar refractivity (Wildman–Crippen MR) is 142 cm³/mol. The zero-order valence-corrected chi connectivity index (χ0v) is 23.3. The lowest BCUT2D eigenvalue weighted by Crippen LogP contribution is -2.55. The van der Waals surface area contributed by atoms with Gasteiger partial charge in [0.25, 0.3) is 0 Å². The van der Waals surface area contributed by atoms with E-state index in [1.165, 1.54) is 11.0 Å². The number of hydrogen-bond acceptors (Lipinski definition) is 4. The van der Waals surface area contributed by atoms with Crippen molar-refractivity contribution in [1.29, 1.82) is 0 Å². The molecule has 10 heteroatoms. The van der Waals surface area contributed by atoms with Crippen LogP contribution in [0.25, 0.3) is 0 Å². The Morgan fingerprint density at radius 1 is 1.06 bits per heavy atom. The minimum Gasteiger partial charge on any atom is -0.350 e. The van der Waals surface area contributed by atoms with Crippen LogP contribution in [0.2, 0.25) is 10.0 Å². The summed E-state index contributed by atoms with van der Waals surface area (Å²) in [6.07, 6.45) is 1.35. The molecule has 2 aromatic carbocycles. The van der Waals surface area contributed by atoms with Gasteiger partial charge in [0, 0.05) is 22.1 Å². The Hall–Kier alpha value is -2.29. The molecule has 7 nitrogen and oxygen atoms in total. The number of aryl methyl sites for hydroxylation is 1. The number of anilines is 1. The SMILES string of the molecule is CC[C@H](C(=O)NC(C)(C)C)N(Cc1ccccc1Cl)C(=O)CN(c1ccc(C)c(Cl)c1)S(C)(=O)=O. The molecule has 2 rings (SSSR count). The van der Waals surface area contributed by atoms with Crippen molar-refractivity contribution >= 4 is 50.7 Å². The fourth-order valence-corrected chi connectivity index (χ4v) is 4.74. The lowest BCUT2D eigenvalue weighted by molar-refractivity contribution is -0.141. The van der Waals surface area contributed by atoms with Gasteiger partial charge < -0.3 is 10.2 Å². The van der Waals surface area contributed by atoms with Gasteiger partial charge in [0.15, 0.2) is 0 Å². The van der Waals surface area contributed by atoms with Crippen LogP contribution in [0.5, 0.6) is 0 Å². The highest BCUT2D eigenvalue weighted by atomic mass is 35.5. The van der Waals surface area contributed by atoms with Crippen molar-refractivity contribution in [2.75, 3.05) is 17.1 Å². The first-order chi connectivity index (χ1) is 16.1. The smallest absolute Gasteiger partial charge is 0.244 e. The molecule has 0 heterocycles. The Labute approximate surface area is 218 Å². The Morgan fingerprint density at radius 2 is 1.69 bits per heavy atom. The molecular weight excluding hydrogens is 509 g/mol. The maximum atomic E-state index is 13.7.